The zero-order valence-electron chi connectivity index (χ0n) is 25.7. The topological polar surface area (TPSA) is 78.8 Å². The van der Waals surface area contributed by atoms with E-state index in [9.17, 15) is 8.78 Å². The lowest BCUT2D eigenvalue weighted by Gasteiger charge is -2.31. The summed E-state index contributed by atoms with van der Waals surface area (Å²) in [5.41, 5.74) is 0.409. The van der Waals surface area contributed by atoms with Gasteiger partial charge in [-0.1, -0.05) is 12.0 Å². The van der Waals surface area contributed by atoms with Gasteiger partial charge >= 0.3 is 6.01 Å². The Labute approximate surface area is 265 Å². The maximum Gasteiger partial charge on any atom is 0.317 e. The molecule has 0 amide bonds. The molecule has 3 aliphatic rings. The van der Waals surface area contributed by atoms with Crippen LogP contribution < -0.4 is 9.47 Å². The van der Waals surface area contributed by atoms with Crippen LogP contribution in [0.4, 0.5) is 13.2 Å². The van der Waals surface area contributed by atoms with Crippen molar-refractivity contribution in [1.29, 1.82) is 0 Å². The van der Waals surface area contributed by atoms with Gasteiger partial charge in [-0.15, -0.1) is 6.42 Å². The summed E-state index contributed by atoms with van der Waals surface area (Å²) in [5, 5.41) is 1.34. The van der Waals surface area contributed by atoms with E-state index in [1.807, 2.05) is 0 Å². The summed E-state index contributed by atoms with van der Waals surface area (Å²) in [4.78, 5) is 16.1. The van der Waals surface area contributed by atoms with Crippen molar-refractivity contribution in [2.75, 3.05) is 46.8 Å². The molecule has 0 saturated carbocycles. The van der Waals surface area contributed by atoms with Gasteiger partial charge in [0.05, 0.1) is 16.8 Å². The summed E-state index contributed by atoms with van der Waals surface area (Å²) >= 11 is 0. The first-order valence-corrected chi connectivity index (χ1v) is 15.7. The van der Waals surface area contributed by atoms with E-state index in [1.165, 1.54) is 13.2 Å². The van der Waals surface area contributed by atoms with Gasteiger partial charge in [0, 0.05) is 61.7 Å². The van der Waals surface area contributed by atoms with Crippen molar-refractivity contribution in [1.82, 2.24) is 19.9 Å². The first-order chi connectivity index (χ1) is 22.4. The van der Waals surface area contributed by atoms with E-state index in [0.29, 0.717) is 60.2 Å². The van der Waals surface area contributed by atoms with Gasteiger partial charge in [0.25, 0.3) is 0 Å². The standard InChI is InChI=1S/C35H35F3N4O4/c1-3-25-28(37)8-7-22-14-24(46-20-43-2)15-26(29(22)25)32-30(38)33-27(17-39-32)31(21-6-4-12-44-13-9-21)40-34(41-33)45-19-35-10-5-11-42(35)18-23(36)16-35/h1,7-8,14-15,17,21,23H,4-6,9-13,16,18-20H2,2H3/t21?,23-,35+/m1/s1. The molecule has 46 heavy (non-hydrogen) atoms. The van der Waals surface area contributed by atoms with Crippen molar-refractivity contribution >= 4 is 21.7 Å². The van der Waals surface area contributed by atoms with E-state index in [0.717, 1.165) is 32.2 Å². The molecular formula is C35H35F3N4O4. The molecule has 0 bridgehead atoms. The van der Waals surface area contributed by atoms with Gasteiger partial charge in [-0.3, -0.25) is 9.88 Å². The predicted octanol–water partition coefficient (Wildman–Crippen LogP) is 6.33. The average Bonchev–Trinajstić information content (AvgIpc) is 3.44. The SMILES string of the molecule is C#Cc1c(F)ccc2cc(OCOC)cc(-c3ncc4c(C5CCCOCC5)nc(OC[C@@]56CCCN5C[C@H](F)C6)nc4c3F)c12. The first kappa shape index (κ1) is 30.7. The van der Waals surface area contributed by atoms with Crippen LogP contribution in [0.1, 0.15) is 55.7 Å². The van der Waals surface area contributed by atoms with Crippen molar-refractivity contribution in [2.45, 2.75) is 56.2 Å². The highest BCUT2D eigenvalue weighted by Gasteiger charge is 2.49. The number of halogens is 3. The van der Waals surface area contributed by atoms with Crippen molar-refractivity contribution < 1.29 is 32.1 Å². The number of aromatic nitrogens is 3. The highest BCUT2D eigenvalue weighted by Crippen LogP contribution is 2.42. The number of methoxy groups -OCH3 is 1. The Morgan fingerprint density at radius 1 is 1.13 bits per heavy atom. The van der Waals surface area contributed by atoms with Crippen LogP contribution in [0.3, 0.4) is 0 Å². The molecule has 8 nitrogen and oxygen atoms in total. The van der Waals surface area contributed by atoms with E-state index in [2.05, 4.69) is 20.8 Å². The number of fused-ring (bicyclic) bond motifs is 3. The molecule has 2 aromatic heterocycles. The third-order valence-corrected chi connectivity index (χ3v) is 9.55. The van der Waals surface area contributed by atoms with Crippen LogP contribution in [0.5, 0.6) is 11.8 Å². The van der Waals surface area contributed by atoms with Crippen LogP contribution in [-0.4, -0.2) is 78.4 Å². The van der Waals surface area contributed by atoms with E-state index in [4.69, 9.17) is 30.4 Å². The van der Waals surface area contributed by atoms with Crippen molar-refractivity contribution in [3.63, 3.8) is 0 Å². The summed E-state index contributed by atoms with van der Waals surface area (Å²) in [6.45, 7) is 2.56. The summed E-state index contributed by atoms with van der Waals surface area (Å²) in [6, 6.07) is 6.12. The van der Waals surface area contributed by atoms with E-state index >= 15 is 4.39 Å². The van der Waals surface area contributed by atoms with Crippen LogP contribution in [0.25, 0.3) is 32.9 Å². The molecule has 3 fully saturated rings. The van der Waals surface area contributed by atoms with Crippen LogP contribution in [0.15, 0.2) is 30.5 Å². The molecule has 1 unspecified atom stereocenters. The van der Waals surface area contributed by atoms with Crippen LogP contribution in [0, 0.1) is 24.0 Å². The first-order valence-electron chi connectivity index (χ1n) is 15.7. The van der Waals surface area contributed by atoms with Crippen molar-refractivity contribution in [3.8, 4) is 35.4 Å². The third-order valence-electron chi connectivity index (χ3n) is 9.55. The van der Waals surface area contributed by atoms with Crippen LogP contribution in [-0.2, 0) is 9.47 Å². The zero-order chi connectivity index (χ0) is 31.8. The lowest BCUT2D eigenvalue weighted by molar-refractivity contribution is 0.0512. The highest BCUT2D eigenvalue weighted by molar-refractivity contribution is 6.02. The van der Waals surface area contributed by atoms with Gasteiger partial charge < -0.3 is 18.9 Å². The quantitative estimate of drug-likeness (QED) is 0.165. The number of alkyl halides is 1. The van der Waals surface area contributed by atoms with Gasteiger partial charge in [0.15, 0.2) is 12.6 Å². The fraction of sp³-hybridized carbons (Fsp3) is 0.457. The molecule has 3 aliphatic heterocycles. The lowest BCUT2D eigenvalue weighted by Crippen LogP contribution is -2.43. The van der Waals surface area contributed by atoms with Crippen molar-refractivity contribution in [3.05, 3.63) is 53.4 Å². The Bertz CT molecular complexity index is 1820. The smallest absolute Gasteiger partial charge is 0.317 e. The summed E-state index contributed by atoms with van der Waals surface area (Å²) < 4.78 is 69.1. The Kier molecular flexibility index (Phi) is 8.44. The maximum absolute atomic E-state index is 16.9. The number of hydrogen-bond donors (Lipinski definition) is 0. The minimum atomic E-state index is -0.912. The molecular weight excluding hydrogens is 597 g/mol. The predicted molar refractivity (Wildman–Crippen MR) is 167 cm³/mol. The molecule has 0 radical (unpaired) electrons. The largest absolute Gasteiger partial charge is 0.468 e. The molecule has 0 N–H and O–H groups in total. The van der Waals surface area contributed by atoms with Gasteiger partial charge in [-0.2, -0.15) is 9.97 Å². The second-order valence-electron chi connectivity index (χ2n) is 12.4. The average molecular weight is 633 g/mol. The normalized spacial score (nSPS) is 23.4. The van der Waals surface area contributed by atoms with Gasteiger partial charge in [0.2, 0.25) is 0 Å². The lowest BCUT2D eigenvalue weighted by atomic mass is 9.93. The number of terminal acetylenes is 1. The van der Waals surface area contributed by atoms with E-state index in [-0.39, 0.29) is 47.7 Å². The minimum Gasteiger partial charge on any atom is -0.468 e. The molecule has 5 heterocycles. The Morgan fingerprint density at radius 2 is 2.02 bits per heavy atom. The molecule has 2 aromatic carbocycles. The number of pyridine rings is 1. The highest BCUT2D eigenvalue weighted by atomic mass is 19.1. The Balaban J connectivity index is 1.38. The molecule has 0 spiro atoms. The second kappa shape index (κ2) is 12.7. The minimum absolute atomic E-state index is 0.0129. The third kappa shape index (κ3) is 5.52. The zero-order valence-corrected chi connectivity index (χ0v) is 25.7. The molecule has 4 aromatic rings. The number of benzene rings is 2. The summed E-state index contributed by atoms with van der Waals surface area (Å²) in [6.07, 6.45) is 10.9. The molecule has 240 valence electrons. The summed E-state index contributed by atoms with van der Waals surface area (Å²) in [5.74, 6) is 1.43. The second-order valence-corrected chi connectivity index (χ2v) is 12.4. The fourth-order valence-electron chi connectivity index (χ4n) is 7.40. The number of ether oxygens (including phenoxy) is 4. The van der Waals surface area contributed by atoms with E-state index < -0.39 is 23.3 Å². The molecule has 3 saturated heterocycles. The Hall–Kier alpha value is -3.98. The molecule has 7 rings (SSSR count). The number of nitrogens with zero attached hydrogens (tertiary/aromatic N) is 4. The van der Waals surface area contributed by atoms with Crippen molar-refractivity contribution in [2.24, 2.45) is 0 Å². The fourth-order valence-corrected chi connectivity index (χ4v) is 7.40. The monoisotopic (exact) mass is 632 g/mol. The van der Waals surface area contributed by atoms with Crippen LogP contribution in [0.2, 0.25) is 0 Å². The maximum atomic E-state index is 16.9. The van der Waals surface area contributed by atoms with Gasteiger partial charge in [-0.05, 0) is 62.2 Å². The van der Waals surface area contributed by atoms with Crippen LogP contribution >= 0.6 is 0 Å². The van der Waals surface area contributed by atoms with Gasteiger partial charge in [-0.25, -0.2) is 13.2 Å². The van der Waals surface area contributed by atoms with Gasteiger partial charge in [0.1, 0.15) is 35.6 Å². The van der Waals surface area contributed by atoms with E-state index in [1.54, 1.807) is 24.4 Å². The summed E-state index contributed by atoms with van der Waals surface area (Å²) in [7, 11) is 1.49. The molecule has 3 atom stereocenters. The molecule has 0 aliphatic carbocycles. The number of hydrogen-bond acceptors (Lipinski definition) is 8. The Morgan fingerprint density at radius 3 is 2.87 bits per heavy atom. The number of rotatable bonds is 8. The molecule has 11 heteroatoms.